The van der Waals surface area contributed by atoms with Crippen LogP contribution in [-0.4, -0.2) is 31.6 Å². The van der Waals surface area contributed by atoms with Crippen LogP contribution in [0.15, 0.2) is 70.9 Å². The van der Waals surface area contributed by atoms with Gasteiger partial charge in [0.1, 0.15) is 0 Å². The van der Waals surface area contributed by atoms with E-state index in [1.807, 2.05) is 42.5 Å². The Hall–Kier alpha value is -5.43. The molecule has 0 aromatic carbocycles. The lowest BCUT2D eigenvalue weighted by atomic mass is 9.97. The predicted molar refractivity (Wildman–Crippen MR) is 307 cm³/mol. The first-order valence-corrected chi connectivity index (χ1v) is 29.6. The molecule has 0 N–H and O–H groups in total. The van der Waals surface area contributed by atoms with Crippen LogP contribution in [0.2, 0.25) is 0 Å². The second-order valence-electron chi connectivity index (χ2n) is 17.5. The first-order chi connectivity index (χ1) is 36.2. The summed E-state index contributed by atoms with van der Waals surface area (Å²) in [4.78, 5) is 43.5. The van der Waals surface area contributed by atoms with Crippen LogP contribution >= 0.6 is 68.0 Å². The molecule has 0 aliphatic rings. The third-order valence-corrected chi connectivity index (χ3v) is 19.1. The summed E-state index contributed by atoms with van der Waals surface area (Å²) in [5.41, 5.74) is 4.72. The molecule has 18 heteroatoms. The second kappa shape index (κ2) is 30.5. The summed E-state index contributed by atoms with van der Waals surface area (Å²) in [6.07, 6.45) is 9.73. The number of halogens is 6. The number of hydrogen-bond donors (Lipinski definition) is 0. The Morgan fingerprint density at radius 1 is 0.553 bits per heavy atom. The zero-order valence-corrected chi connectivity index (χ0v) is 48.6. The molecule has 0 atom stereocenters. The topological polar surface area (TPSA) is 88.6 Å². The van der Waals surface area contributed by atoms with Crippen LogP contribution in [-0.2, 0) is 44.8 Å². The third kappa shape index (κ3) is 17.8. The van der Waals surface area contributed by atoms with Crippen LogP contribution < -0.4 is 0 Å². The molecule has 0 unspecified atom stereocenters. The lowest BCUT2D eigenvalue weighted by Crippen LogP contribution is -2.08. The third-order valence-electron chi connectivity index (χ3n) is 11.7. The molecule has 76 heavy (non-hydrogen) atoms. The zero-order valence-electron chi connectivity index (χ0n) is 43.7. The van der Waals surface area contributed by atoms with Crippen molar-refractivity contribution >= 4 is 104 Å². The van der Waals surface area contributed by atoms with Crippen LogP contribution in [0, 0.1) is 17.9 Å². The van der Waals surface area contributed by atoms with Gasteiger partial charge in [-0.3, -0.25) is 4.79 Å². The Kier molecular flexibility index (Phi) is 25.3. The van der Waals surface area contributed by atoms with E-state index in [9.17, 15) is 31.1 Å². The summed E-state index contributed by atoms with van der Waals surface area (Å²) in [7, 11) is 1.29. The number of rotatable bonds is 21. The molecule has 6 nitrogen and oxygen atoms in total. The average molecular weight is 1160 g/mol. The van der Waals surface area contributed by atoms with Crippen molar-refractivity contribution < 1.29 is 45.5 Å². The molecule has 6 aromatic rings. The Morgan fingerprint density at radius 3 is 1.09 bits per heavy atom. The lowest BCUT2D eigenvalue weighted by molar-refractivity contribution is -0.191. The normalized spacial score (nSPS) is 12.3. The first kappa shape index (κ1) is 63.1. The zero-order chi connectivity index (χ0) is 56.2. The number of nitrogens with zero attached hydrogens (tertiary/aromatic N) is 2. The van der Waals surface area contributed by atoms with Crippen LogP contribution in [0.4, 0.5) is 26.3 Å². The number of unbranched alkanes of at least 4 members (excludes halogenated alkanes) is 4. The van der Waals surface area contributed by atoms with Gasteiger partial charge >= 0.3 is 24.5 Å². The summed E-state index contributed by atoms with van der Waals surface area (Å²) >= 11 is 9.46. The van der Waals surface area contributed by atoms with Crippen LogP contribution in [0.1, 0.15) is 142 Å². The van der Waals surface area contributed by atoms with E-state index >= 15 is 0 Å². The molecule has 0 saturated heterocycles. The van der Waals surface area contributed by atoms with Crippen LogP contribution in [0.5, 0.6) is 0 Å². The van der Waals surface area contributed by atoms with Gasteiger partial charge in [-0.2, -0.15) is 41.2 Å². The van der Waals surface area contributed by atoms with E-state index in [0.717, 1.165) is 125 Å². The summed E-state index contributed by atoms with van der Waals surface area (Å²) in [5.74, 6) is -0.613. The molecule has 0 spiro atoms. The van der Waals surface area contributed by atoms with Gasteiger partial charge in [-0.25, -0.2) is 4.85 Å². The maximum absolute atomic E-state index is 13.0. The summed E-state index contributed by atoms with van der Waals surface area (Å²) in [6.45, 7) is 20.0. The highest BCUT2D eigenvalue weighted by atomic mass is 32.1. The highest BCUT2D eigenvalue weighted by Gasteiger charge is 2.31. The maximum atomic E-state index is 13.0. The molecule has 0 bridgehead atoms. The first-order valence-electron chi connectivity index (χ1n) is 24.7. The Morgan fingerprint density at radius 2 is 0.842 bits per heavy atom. The molecule has 0 radical (unpaired) electrons. The van der Waals surface area contributed by atoms with Crippen molar-refractivity contribution in [3.05, 3.63) is 124 Å². The molecular weight excluding hydrogens is 1100 g/mol. The van der Waals surface area contributed by atoms with Crippen LogP contribution in [0.3, 0.4) is 0 Å². The minimum atomic E-state index is -4.37. The fourth-order valence-electron chi connectivity index (χ4n) is 7.69. The van der Waals surface area contributed by atoms with Gasteiger partial charge in [0, 0.05) is 75.2 Å². The van der Waals surface area contributed by atoms with Crippen molar-refractivity contribution in [1.29, 1.82) is 5.26 Å². The van der Waals surface area contributed by atoms with E-state index < -0.39 is 29.5 Å². The fraction of sp³-hybridized carbons (Fsp3) is 0.379. The van der Waals surface area contributed by atoms with Crippen molar-refractivity contribution in [2.75, 3.05) is 7.11 Å². The van der Waals surface area contributed by atoms with Gasteiger partial charge in [0.25, 0.3) is 5.70 Å². The van der Waals surface area contributed by atoms with E-state index in [1.54, 1.807) is 52.2 Å². The van der Waals surface area contributed by atoms with E-state index in [2.05, 4.69) is 56.8 Å². The number of nitriles is 1. The highest BCUT2D eigenvalue weighted by molar-refractivity contribution is 7.28. The second-order valence-corrected chi connectivity index (χ2v) is 24.0. The number of thiophene rings is 6. The van der Waals surface area contributed by atoms with Crippen LogP contribution in [0.25, 0.3) is 68.2 Å². The SMILES string of the molecule is CCCCc1c(-c2ccc(/C=C(/C)C(F)(F)F)s2)sc(-c2ccc(/C=C(\C)C(F)(F)F)s2)c1CCCC.O=C=O.[C-]#[N+]/C(=C\c1ccc(-c2sc(-c3ccc(/C=C(/C)C#N)s3)c(CCCC)c2CCCC)s1)C(=O)OC. The molecule has 0 fully saturated rings. The van der Waals surface area contributed by atoms with Gasteiger partial charge in [-0.1, -0.05) is 53.4 Å². The van der Waals surface area contributed by atoms with Gasteiger partial charge in [0.15, 0.2) is 0 Å². The molecule has 6 aromatic heterocycles. The van der Waals surface area contributed by atoms with Gasteiger partial charge in [0.05, 0.1) is 19.8 Å². The van der Waals surface area contributed by atoms with Crippen molar-refractivity contribution in [3.8, 4) is 45.1 Å². The molecule has 0 saturated carbocycles. The minimum absolute atomic E-state index is 0.0144. The van der Waals surface area contributed by atoms with Crippen molar-refractivity contribution in [2.45, 2.75) is 138 Å². The lowest BCUT2D eigenvalue weighted by Gasteiger charge is -2.08. The number of methoxy groups -OCH3 is 1. The molecule has 404 valence electrons. The van der Waals surface area contributed by atoms with E-state index in [0.29, 0.717) is 15.3 Å². The largest absolute Gasteiger partial charge is 0.474 e. The monoisotopic (exact) mass is 1150 g/mol. The van der Waals surface area contributed by atoms with Gasteiger partial charge in [0.2, 0.25) is 0 Å². The quantitative estimate of drug-likeness (QED) is 0.0236. The molecule has 6 rings (SSSR count). The number of hydrogen-bond acceptors (Lipinski definition) is 11. The Labute approximate surface area is 466 Å². The van der Waals surface area contributed by atoms with Gasteiger partial charge < -0.3 is 4.74 Å². The van der Waals surface area contributed by atoms with Gasteiger partial charge in [-0.15, -0.1) is 68.0 Å². The fourth-order valence-corrected chi connectivity index (χ4v) is 15.0. The number of carbonyl (C=O) groups is 1. The minimum Gasteiger partial charge on any atom is -0.474 e. The number of esters is 1. The standard InChI is InChI=1S/C29H30N2O2S3.C28H30F6S3.CO2/c1-6-8-10-22-23(11-9-7-2)28(26-15-13-21(35-26)17-24(31-4)29(32)33-5)36-27(22)25-14-12-20(34-25)16-19(3)18-30;1-5-7-9-21-22(10-8-6-2)26(24-14-12-20(36-24)16-18(4)28(32,33)34)37-25(21)23-13-11-19(35-23)15-17(3)27(29,30)31;2-1-3/h12-17H,6-11H2,1-3,5H3;11-16H,5-10H2,1-4H3;/b19-16-,24-17-;17-15-,18-16+;. The maximum Gasteiger partial charge on any atom is 0.412 e. The number of allylic oxidation sites excluding steroid dienone is 3. The molecule has 0 aliphatic carbocycles. The summed E-state index contributed by atoms with van der Waals surface area (Å²) < 4.78 is 83.0. The van der Waals surface area contributed by atoms with E-state index in [1.165, 1.54) is 78.8 Å². The predicted octanol–water partition coefficient (Wildman–Crippen LogP) is 20.5. The summed E-state index contributed by atoms with van der Waals surface area (Å²) in [5, 5.41) is 9.17. The molecule has 6 heterocycles. The molecule has 0 amide bonds. The van der Waals surface area contributed by atoms with E-state index in [-0.39, 0.29) is 11.8 Å². The number of alkyl halides is 6. The van der Waals surface area contributed by atoms with Gasteiger partial charge in [-0.05, 0) is 167 Å². The highest BCUT2D eigenvalue weighted by Crippen LogP contribution is 2.50. The van der Waals surface area contributed by atoms with Crippen molar-refractivity contribution in [2.24, 2.45) is 0 Å². The number of ether oxygens (including phenoxy) is 1. The smallest absolute Gasteiger partial charge is 0.412 e. The number of carbonyl (C=O) groups excluding carboxylic acids is 3. The molecule has 0 aliphatic heterocycles. The Bertz CT molecular complexity index is 3030. The Balaban J connectivity index is 0.000000312. The average Bonchev–Trinajstić information content (AvgIpc) is 4.26. The van der Waals surface area contributed by atoms with Crippen molar-refractivity contribution in [3.63, 3.8) is 0 Å². The van der Waals surface area contributed by atoms with E-state index in [4.69, 9.17) is 26.2 Å². The summed E-state index contributed by atoms with van der Waals surface area (Å²) in [6, 6.07) is 17.8. The molecular formula is C58H60F6N2O4S6. The van der Waals surface area contributed by atoms with Crippen molar-refractivity contribution in [1.82, 2.24) is 0 Å².